The lowest BCUT2D eigenvalue weighted by atomic mass is 10.2. The van der Waals surface area contributed by atoms with Crippen LogP contribution in [0.25, 0.3) is 0 Å². The minimum absolute atomic E-state index is 0.0773. The normalized spacial score (nSPS) is 12.5. The smallest absolute Gasteiger partial charge is 0.207 e. The van der Waals surface area contributed by atoms with Gasteiger partial charge in [-0.05, 0) is 35.9 Å². The minimum atomic E-state index is -3.74. The number of halogens is 1. The Morgan fingerprint density at radius 1 is 0.958 bits per heavy atom. The van der Waals surface area contributed by atoms with Gasteiger partial charge in [-0.2, -0.15) is 0 Å². The van der Waals surface area contributed by atoms with Crippen LogP contribution in [0.5, 0.6) is 0 Å². The van der Waals surface area contributed by atoms with Crippen LogP contribution in [0.15, 0.2) is 62.8 Å². The van der Waals surface area contributed by atoms with Gasteiger partial charge in [-0.15, -0.1) is 0 Å². The van der Waals surface area contributed by atoms with Crippen molar-refractivity contribution < 1.29 is 16.8 Å². The Hall–Kier alpha value is -1.26. The van der Waals surface area contributed by atoms with Crippen molar-refractivity contribution >= 4 is 36.0 Å². The molecule has 0 aromatic heterocycles. The van der Waals surface area contributed by atoms with E-state index < -0.39 is 20.0 Å². The third-order valence-corrected chi connectivity index (χ3v) is 7.17. The van der Waals surface area contributed by atoms with Crippen LogP contribution in [0.2, 0.25) is 0 Å². The average molecular weight is 433 g/mol. The second-order valence-electron chi connectivity index (χ2n) is 5.17. The predicted octanol–water partition coefficient (Wildman–Crippen LogP) is 2.18. The maximum atomic E-state index is 12.3. The topological polar surface area (TPSA) is 83.6 Å². The van der Waals surface area contributed by atoms with E-state index in [1.807, 2.05) is 0 Å². The van der Waals surface area contributed by atoms with Crippen LogP contribution in [0, 0.1) is 0 Å². The largest absolute Gasteiger partial charge is 0.242 e. The van der Waals surface area contributed by atoms with E-state index in [4.69, 9.17) is 0 Å². The van der Waals surface area contributed by atoms with Gasteiger partial charge in [-0.3, -0.25) is 0 Å². The SMILES string of the molecule is CN(C)S(=O)(=O)c1ccccc1CNS(=O)(=O)c1ccc(Br)cc1. The Morgan fingerprint density at radius 3 is 2.12 bits per heavy atom. The van der Waals surface area contributed by atoms with Gasteiger partial charge in [-0.25, -0.2) is 25.9 Å². The van der Waals surface area contributed by atoms with Gasteiger partial charge in [-0.1, -0.05) is 34.1 Å². The number of hydrogen-bond donors (Lipinski definition) is 1. The van der Waals surface area contributed by atoms with Crippen LogP contribution in [-0.4, -0.2) is 35.2 Å². The molecule has 0 spiro atoms. The Morgan fingerprint density at radius 2 is 1.54 bits per heavy atom. The fourth-order valence-corrected chi connectivity index (χ4v) is 4.35. The molecule has 0 fully saturated rings. The van der Waals surface area contributed by atoms with Gasteiger partial charge in [0.05, 0.1) is 9.79 Å². The molecule has 0 saturated carbocycles. The van der Waals surface area contributed by atoms with Gasteiger partial charge < -0.3 is 0 Å². The zero-order chi connectivity index (χ0) is 18.0. The molecule has 0 unspecified atom stereocenters. The molecule has 0 aliphatic rings. The summed E-state index contributed by atoms with van der Waals surface area (Å²) >= 11 is 3.25. The third-order valence-electron chi connectivity index (χ3n) is 3.31. The maximum Gasteiger partial charge on any atom is 0.242 e. The van der Waals surface area contributed by atoms with Crippen LogP contribution in [0.3, 0.4) is 0 Å². The molecule has 130 valence electrons. The van der Waals surface area contributed by atoms with E-state index >= 15 is 0 Å². The number of nitrogens with one attached hydrogen (secondary N) is 1. The summed E-state index contributed by atoms with van der Waals surface area (Å²) in [6, 6.07) is 12.5. The van der Waals surface area contributed by atoms with E-state index in [2.05, 4.69) is 20.7 Å². The molecule has 2 aromatic carbocycles. The van der Waals surface area contributed by atoms with Gasteiger partial charge in [0.2, 0.25) is 20.0 Å². The molecule has 24 heavy (non-hydrogen) atoms. The summed E-state index contributed by atoms with van der Waals surface area (Å²) in [7, 11) is -4.53. The highest BCUT2D eigenvalue weighted by atomic mass is 79.9. The van der Waals surface area contributed by atoms with E-state index in [-0.39, 0.29) is 16.3 Å². The van der Waals surface area contributed by atoms with Crippen molar-refractivity contribution in [3.63, 3.8) is 0 Å². The molecule has 0 saturated heterocycles. The predicted molar refractivity (Wildman–Crippen MR) is 95.5 cm³/mol. The minimum Gasteiger partial charge on any atom is -0.207 e. The van der Waals surface area contributed by atoms with Gasteiger partial charge in [0.1, 0.15) is 0 Å². The molecule has 0 aliphatic carbocycles. The van der Waals surface area contributed by atoms with E-state index in [1.165, 1.54) is 32.3 Å². The first-order valence-corrected chi connectivity index (χ1v) is 10.6. The molecule has 0 bridgehead atoms. The molecule has 6 nitrogen and oxygen atoms in total. The highest BCUT2D eigenvalue weighted by Crippen LogP contribution is 2.20. The lowest BCUT2D eigenvalue weighted by molar-refractivity contribution is 0.519. The number of rotatable bonds is 6. The molecular formula is C15H17BrN2O4S2. The summed E-state index contributed by atoms with van der Waals surface area (Å²) in [4.78, 5) is 0.187. The summed E-state index contributed by atoms with van der Waals surface area (Å²) in [6.07, 6.45) is 0. The van der Waals surface area contributed by atoms with E-state index in [0.29, 0.717) is 5.56 Å². The summed E-state index contributed by atoms with van der Waals surface area (Å²) in [6.45, 7) is -0.123. The van der Waals surface area contributed by atoms with Crippen molar-refractivity contribution in [1.29, 1.82) is 0 Å². The second-order valence-corrected chi connectivity index (χ2v) is 9.98. The zero-order valence-corrected chi connectivity index (χ0v) is 16.3. The quantitative estimate of drug-likeness (QED) is 0.757. The van der Waals surface area contributed by atoms with Gasteiger partial charge in [0.25, 0.3) is 0 Å². The number of hydrogen-bond acceptors (Lipinski definition) is 4. The van der Waals surface area contributed by atoms with Crippen LogP contribution in [0.1, 0.15) is 5.56 Å². The van der Waals surface area contributed by atoms with Crippen molar-refractivity contribution in [3.8, 4) is 0 Å². The summed E-state index contributed by atoms with van der Waals surface area (Å²) < 4.78 is 53.6. The molecule has 0 aliphatic heterocycles. The van der Waals surface area contributed by atoms with Gasteiger partial charge in [0, 0.05) is 25.1 Å². The van der Waals surface area contributed by atoms with Crippen LogP contribution in [-0.2, 0) is 26.6 Å². The summed E-state index contributed by atoms with van der Waals surface area (Å²) in [5.41, 5.74) is 0.381. The highest BCUT2D eigenvalue weighted by molar-refractivity contribution is 9.10. The number of nitrogens with zero attached hydrogens (tertiary/aromatic N) is 1. The van der Waals surface area contributed by atoms with E-state index in [1.54, 1.807) is 30.3 Å². The Kier molecular flexibility index (Phi) is 5.82. The Labute approximate surface area is 150 Å². The van der Waals surface area contributed by atoms with Crippen molar-refractivity contribution in [1.82, 2.24) is 9.03 Å². The lowest BCUT2D eigenvalue weighted by Crippen LogP contribution is -2.27. The molecule has 0 radical (unpaired) electrons. The first-order chi connectivity index (χ1) is 11.1. The zero-order valence-electron chi connectivity index (χ0n) is 13.1. The van der Waals surface area contributed by atoms with Gasteiger partial charge >= 0.3 is 0 Å². The fourth-order valence-electron chi connectivity index (χ4n) is 1.97. The van der Waals surface area contributed by atoms with Gasteiger partial charge in [0.15, 0.2) is 0 Å². The molecule has 1 N–H and O–H groups in total. The molecule has 0 atom stereocenters. The van der Waals surface area contributed by atoms with Crippen LogP contribution >= 0.6 is 15.9 Å². The van der Waals surface area contributed by atoms with Crippen LogP contribution in [0.4, 0.5) is 0 Å². The van der Waals surface area contributed by atoms with Crippen molar-refractivity contribution in [2.24, 2.45) is 0 Å². The van der Waals surface area contributed by atoms with Crippen molar-refractivity contribution in [2.75, 3.05) is 14.1 Å². The molecule has 0 amide bonds. The monoisotopic (exact) mass is 432 g/mol. The highest BCUT2D eigenvalue weighted by Gasteiger charge is 2.22. The van der Waals surface area contributed by atoms with E-state index in [9.17, 15) is 16.8 Å². The Balaban J connectivity index is 2.29. The van der Waals surface area contributed by atoms with Crippen LogP contribution < -0.4 is 4.72 Å². The first-order valence-electron chi connectivity index (χ1n) is 6.90. The number of sulfonamides is 2. The average Bonchev–Trinajstić information content (AvgIpc) is 2.53. The fraction of sp³-hybridized carbons (Fsp3) is 0.200. The van der Waals surface area contributed by atoms with Crippen molar-refractivity contribution in [2.45, 2.75) is 16.3 Å². The molecule has 2 aromatic rings. The molecule has 2 rings (SSSR count). The Bertz CT molecular complexity index is 924. The first kappa shape index (κ1) is 19.1. The second kappa shape index (κ2) is 7.32. The third kappa shape index (κ3) is 4.22. The molecule has 0 heterocycles. The van der Waals surface area contributed by atoms with Crippen molar-refractivity contribution in [3.05, 3.63) is 58.6 Å². The standard InChI is InChI=1S/C15H17BrN2O4S2/c1-18(2)24(21,22)15-6-4-3-5-12(15)11-17-23(19,20)14-9-7-13(16)8-10-14/h3-10,17H,11H2,1-2H3. The van der Waals surface area contributed by atoms with E-state index in [0.717, 1.165) is 8.78 Å². The maximum absolute atomic E-state index is 12.3. The lowest BCUT2D eigenvalue weighted by Gasteiger charge is -2.15. The molecule has 9 heteroatoms. The molecular weight excluding hydrogens is 416 g/mol. The summed E-state index contributed by atoms with van der Waals surface area (Å²) in [5.74, 6) is 0. The summed E-state index contributed by atoms with van der Waals surface area (Å²) in [5, 5.41) is 0. The number of benzene rings is 2.